The monoisotopic (exact) mass is 275 g/mol. The second-order valence-electron chi connectivity index (χ2n) is 4.29. The quantitative estimate of drug-likeness (QED) is 0.879. The van der Waals surface area contributed by atoms with E-state index in [0.29, 0.717) is 18.0 Å². The van der Waals surface area contributed by atoms with Crippen LogP contribution in [-0.2, 0) is 6.54 Å². The summed E-state index contributed by atoms with van der Waals surface area (Å²) in [6.07, 6.45) is 2.92. The van der Waals surface area contributed by atoms with E-state index in [9.17, 15) is 4.79 Å². The van der Waals surface area contributed by atoms with Crippen molar-refractivity contribution >= 4 is 0 Å². The predicted molar refractivity (Wildman–Crippen MR) is 75.0 cm³/mol. The summed E-state index contributed by atoms with van der Waals surface area (Å²) in [6.45, 7) is 0.316. The molecule has 20 heavy (non-hydrogen) atoms. The third-order valence-corrected chi connectivity index (χ3v) is 3.02. The van der Waals surface area contributed by atoms with Crippen LogP contribution in [0.1, 0.15) is 11.6 Å². The van der Waals surface area contributed by atoms with Crippen LogP contribution < -0.4 is 20.8 Å². The highest BCUT2D eigenvalue weighted by molar-refractivity contribution is 5.42. The number of nitrogens with zero attached hydrogens (tertiary/aromatic N) is 2. The van der Waals surface area contributed by atoms with Crippen LogP contribution in [0.3, 0.4) is 0 Å². The van der Waals surface area contributed by atoms with E-state index in [4.69, 9.17) is 15.2 Å². The van der Waals surface area contributed by atoms with Crippen LogP contribution in [-0.4, -0.2) is 23.8 Å². The van der Waals surface area contributed by atoms with E-state index in [-0.39, 0.29) is 5.56 Å². The number of rotatable bonds is 5. The number of nitrogens with two attached hydrogens (primary N) is 1. The molecule has 0 radical (unpaired) electrons. The van der Waals surface area contributed by atoms with E-state index in [1.54, 1.807) is 26.4 Å². The van der Waals surface area contributed by atoms with Gasteiger partial charge in [-0.15, -0.1) is 0 Å². The van der Waals surface area contributed by atoms with E-state index in [2.05, 4.69) is 4.98 Å². The number of benzene rings is 1. The Balaban J connectivity index is 2.31. The third kappa shape index (κ3) is 2.97. The van der Waals surface area contributed by atoms with Gasteiger partial charge in [-0.3, -0.25) is 9.36 Å². The second-order valence-corrected chi connectivity index (χ2v) is 4.29. The summed E-state index contributed by atoms with van der Waals surface area (Å²) in [6, 6.07) is 6.40. The Morgan fingerprint density at radius 2 is 2.10 bits per heavy atom. The van der Waals surface area contributed by atoms with Crippen LogP contribution in [0.4, 0.5) is 0 Å². The lowest BCUT2D eigenvalue weighted by atomic mass is 10.1. The van der Waals surface area contributed by atoms with Crippen molar-refractivity contribution in [1.82, 2.24) is 9.55 Å². The molecule has 0 aliphatic rings. The number of hydrogen-bond donors (Lipinski definition) is 1. The molecule has 1 unspecified atom stereocenters. The molecule has 0 aliphatic carbocycles. The predicted octanol–water partition coefficient (Wildman–Crippen LogP) is 0.961. The van der Waals surface area contributed by atoms with Crippen LogP contribution in [0.15, 0.2) is 41.6 Å². The SMILES string of the molecule is COc1ccc(OC)c(C(N)Cn2cnccc2=O)c1. The molecule has 1 aromatic heterocycles. The Labute approximate surface area is 116 Å². The standard InChI is InChI=1S/C14H17N3O3/c1-19-10-3-4-13(20-2)11(7-10)12(15)8-17-9-16-6-5-14(17)18/h3-7,9,12H,8,15H2,1-2H3. The third-order valence-electron chi connectivity index (χ3n) is 3.02. The lowest BCUT2D eigenvalue weighted by molar-refractivity contribution is 0.391. The first-order valence-corrected chi connectivity index (χ1v) is 6.13. The van der Waals surface area contributed by atoms with Gasteiger partial charge >= 0.3 is 0 Å². The minimum absolute atomic E-state index is 0.141. The van der Waals surface area contributed by atoms with Gasteiger partial charge < -0.3 is 15.2 Å². The van der Waals surface area contributed by atoms with Gasteiger partial charge in [0.15, 0.2) is 0 Å². The number of ether oxygens (including phenoxy) is 2. The lowest BCUT2D eigenvalue weighted by Gasteiger charge is -2.17. The van der Waals surface area contributed by atoms with Gasteiger partial charge in [0.2, 0.25) is 0 Å². The Kier molecular flexibility index (Phi) is 4.37. The Morgan fingerprint density at radius 3 is 2.75 bits per heavy atom. The van der Waals surface area contributed by atoms with Crippen molar-refractivity contribution in [3.8, 4) is 11.5 Å². The van der Waals surface area contributed by atoms with Gasteiger partial charge in [-0.25, -0.2) is 4.98 Å². The molecule has 6 heteroatoms. The van der Waals surface area contributed by atoms with Crippen LogP contribution in [0.25, 0.3) is 0 Å². The molecule has 1 aromatic carbocycles. The maximum Gasteiger partial charge on any atom is 0.253 e. The van der Waals surface area contributed by atoms with Crippen molar-refractivity contribution in [2.45, 2.75) is 12.6 Å². The molecular weight excluding hydrogens is 258 g/mol. The zero-order valence-corrected chi connectivity index (χ0v) is 11.4. The summed E-state index contributed by atoms with van der Waals surface area (Å²) in [7, 11) is 3.16. The van der Waals surface area contributed by atoms with Gasteiger partial charge in [-0.1, -0.05) is 0 Å². The number of aromatic nitrogens is 2. The molecule has 106 valence electrons. The Hall–Kier alpha value is -2.34. The highest BCUT2D eigenvalue weighted by atomic mass is 16.5. The molecule has 0 bridgehead atoms. The summed E-state index contributed by atoms with van der Waals surface area (Å²) in [5.41, 5.74) is 6.81. The lowest BCUT2D eigenvalue weighted by Crippen LogP contribution is -2.26. The van der Waals surface area contributed by atoms with Crippen molar-refractivity contribution < 1.29 is 9.47 Å². The van der Waals surface area contributed by atoms with E-state index in [0.717, 1.165) is 5.56 Å². The molecule has 6 nitrogen and oxygen atoms in total. The smallest absolute Gasteiger partial charge is 0.253 e. The zero-order chi connectivity index (χ0) is 14.5. The summed E-state index contributed by atoms with van der Waals surface area (Å²) in [5, 5.41) is 0. The fourth-order valence-corrected chi connectivity index (χ4v) is 1.95. The van der Waals surface area contributed by atoms with Gasteiger partial charge in [-0.05, 0) is 18.2 Å². The Morgan fingerprint density at radius 1 is 1.30 bits per heavy atom. The summed E-state index contributed by atoms with van der Waals surface area (Å²) in [4.78, 5) is 15.6. The molecule has 0 saturated carbocycles. The molecule has 1 atom stereocenters. The van der Waals surface area contributed by atoms with Crippen molar-refractivity contribution in [3.05, 3.63) is 52.7 Å². The first kappa shape index (κ1) is 14.1. The largest absolute Gasteiger partial charge is 0.497 e. The summed E-state index contributed by atoms with van der Waals surface area (Å²) >= 11 is 0. The molecular formula is C14H17N3O3. The minimum atomic E-state index is -0.401. The van der Waals surface area contributed by atoms with Crippen LogP contribution in [0, 0.1) is 0 Å². The fraction of sp³-hybridized carbons (Fsp3) is 0.286. The second kappa shape index (κ2) is 6.21. The van der Waals surface area contributed by atoms with Gasteiger partial charge in [-0.2, -0.15) is 0 Å². The zero-order valence-electron chi connectivity index (χ0n) is 11.4. The average Bonchev–Trinajstić information content (AvgIpc) is 2.48. The number of methoxy groups -OCH3 is 2. The maximum atomic E-state index is 11.7. The van der Waals surface area contributed by atoms with Gasteiger partial charge in [0.25, 0.3) is 5.56 Å². The van der Waals surface area contributed by atoms with Crippen molar-refractivity contribution in [2.24, 2.45) is 5.73 Å². The fourth-order valence-electron chi connectivity index (χ4n) is 1.95. The van der Waals surface area contributed by atoms with E-state index < -0.39 is 6.04 Å². The van der Waals surface area contributed by atoms with Crippen molar-refractivity contribution in [2.75, 3.05) is 14.2 Å². The molecule has 0 saturated heterocycles. The first-order valence-electron chi connectivity index (χ1n) is 6.13. The summed E-state index contributed by atoms with van der Waals surface area (Å²) in [5.74, 6) is 1.35. The Bertz CT molecular complexity index is 640. The highest BCUT2D eigenvalue weighted by Gasteiger charge is 2.14. The molecule has 2 N–H and O–H groups in total. The normalized spacial score (nSPS) is 11.9. The molecule has 0 spiro atoms. The van der Waals surface area contributed by atoms with E-state index >= 15 is 0 Å². The van der Waals surface area contributed by atoms with Gasteiger partial charge in [0, 0.05) is 24.4 Å². The topological polar surface area (TPSA) is 79.4 Å². The first-order chi connectivity index (χ1) is 9.65. The van der Waals surface area contributed by atoms with Crippen LogP contribution >= 0.6 is 0 Å². The highest BCUT2D eigenvalue weighted by Crippen LogP contribution is 2.28. The summed E-state index contributed by atoms with van der Waals surface area (Å²) < 4.78 is 11.9. The molecule has 1 heterocycles. The van der Waals surface area contributed by atoms with Gasteiger partial charge in [0.05, 0.1) is 26.6 Å². The molecule has 0 fully saturated rings. The van der Waals surface area contributed by atoms with Crippen molar-refractivity contribution in [1.29, 1.82) is 0 Å². The van der Waals surface area contributed by atoms with Crippen molar-refractivity contribution in [3.63, 3.8) is 0 Å². The maximum absolute atomic E-state index is 11.7. The molecule has 0 aliphatic heterocycles. The molecule has 2 aromatic rings. The van der Waals surface area contributed by atoms with E-state index in [1.807, 2.05) is 6.07 Å². The number of hydrogen-bond acceptors (Lipinski definition) is 5. The average molecular weight is 275 g/mol. The van der Waals surface area contributed by atoms with Crippen LogP contribution in [0.5, 0.6) is 11.5 Å². The van der Waals surface area contributed by atoms with Gasteiger partial charge in [0.1, 0.15) is 11.5 Å². The minimum Gasteiger partial charge on any atom is -0.497 e. The molecule has 0 amide bonds. The molecule has 2 rings (SSSR count). The van der Waals surface area contributed by atoms with Crippen LogP contribution in [0.2, 0.25) is 0 Å². The van der Waals surface area contributed by atoms with E-state index in [1.165, 1.54) is 23.2 Å².